The van der Waals surface area contributed by atoms with Crippen LogP contribution in [0.2, 0.25) is 0 Å². The molecule has 110 valence electrons. The van der Waals surface area contributed by atoms with Crippen LogP contribution in [0.4, 0.5) is 11.8 Å². The third kappa shape index (κ3) is 3.82. The molecule has 0 unspecified atom stereocenters. The van der Waals surface area contributed by atoms with E-state index < -0.39 is 0 Å². The second kappa shape index (κ2) is 7.67. The first kappa shape index (κ1) is 14.6. The molecule has 20 heavy (non-hydrogen) atoms. The maximum Gasteiger partial charge on any atom is 0.226 e. The highest BCUT2D eigenvalue weighted by Crippen LogP contribution is 2.19. The molecule has 0 fully saturated rings. The number of aromatic nitrogens is 4. The number of anilines is 2. The number of rotatable bonds is 9. The molecule has 0 aliphatic carbocycles. The van der Waals surface area contributed by atoms with Crippen molar-refractivity contribution in [3.8, 4) is 0 Å². The summed E-state index contributed by atoms with van der Waals surface area (Å²) in [6, 6.07) is 0. The van der Waals surface area contributed by atoms with Gasteiger partial charge < -0.3 is 10.6 Å². The first-order valence-electron chi connectivity index (χ1n) is 7.48. The third-order valence-electron chi connectivity index (χ3n) is 3.36. The van der Waals surface area contributed by atoms with Gasteiger partial charge in [-0.25, -0.2) is 0 Å². The fourth-order valence-corrected chi connectivity index (χ4v) is 2.19. The van der Waals surface area contributed by atoms with E-state index in [0.29, 0.717) is 5.95 Å². The number of fused-ring (bicyclic) bond motifs is 1. The summed E-state index contributed by atoms with van der Waals surface area (Å²) in [6.07, 6.45) is 9.51. The normalized spacial score (nSPS) is 10.9. The van der Waals surface area contributed by atoms with Crippen molar-refractivity contribution < 1.29 is 0 Å². The monoisotopic (exact) mass is 276 g/mol. The van der Waals surface area contributed by atoms with Gasteiger partial charge in [-0.2, -0.15) is 15.1 Å². The highest BCUT2D eigenvalue weighted by Gasteiger charge is 2.07. The van der Waals surface area contributed by atoms with E-state index in [1.54, 1.807) is 6.20 Å². The summed E-state index contributed by atoms with van der Waals surface area (Å²) in [5.41, 5.74) is 0.759. The van der Waals surface area contributed by atoms with Crippen molar-refractivity contribution in [2.75, 3.05) is 24.2 Å². The first-order chi connectivity index (χ1) is 9.85. The summed E-state index contributed by atoms with van der Waals surface area (Å²) in [6.45, 7) is 3.18. The Labute approximate surface area is 119 Å². The van der Waals surface area contributed by atoms with Gasteiger partial charge in [0.25, 0.3) is 0 Å². The summed E-state index contributed by atoms with van der Waals surface area (Å²) in [5, 5.41) is 14.2. The predicted octanol–water partition coefficient (Wildman–Crippen LogP) is 3.17. The predicted molar refractivity (Wildman–Crippen MR) is 83.1 cm³/mol. The molecule has 0 amide bonds. The number of aromatic amines is 1. The van der Waals surface area contributed by atoms with Crippen molar-refractivity contribution in [1.29, 1.82) is 0 Å². The van der Waals surface area contributed by atoms with Crippen LogP contribution in [0, 0.1) is 0 Å². The zero-order valence-corrected chi connectivity index (χ0v) is 12.4. The molecule has 0 radical (unpaired) electrons. The molecule has 0 aromatic carbocycles. The lowest BCUT2D eigenvalue weighted by molar-refractivity contribution is 0.617. The molecule has 0 spiro atoms. The van der Waals surface area contributed by atoms with E-state index in [0.717, 1.165) is 23.4 Å². The molecule has 0 bridgehead atoms. The SMILES string of the molecule is CCCCCCCCNc1nc(NC)nc2[nH]ncc12. The molecular formula is C14H24N6. The standard InChI is InChI=1S/C14H24N6/c1-3-4-5-6-7-8-9-16-12-11-10-17-20-13(11)19-14(15-2)18-12/h10H,3-9H2,1-2H3,(H3,15,16,17,18,19,20). The fraction of sp³-hybridized carbons (Fsp3) is 0.643. The van der Waals surface area contributed by atoms with Gasteiger partial charge in [-0.05, 0) is 6.42 Å². The van der Waals surface area contributed by atoms with Gasteiger partial charge in [-0.3, -0.25) is 5.10 Å². The van der Waals surface area contributed by atoms with Crippen LogP contribution >= 0.6 is 0 Å². The van der Waals surface area contributed by atoms with E-state index >= 15 is 0 Å². The Hall–Kier alpha value is -1.85. The van der Waals surface area contributed by atoms with Gasteiger partial charge in [-0.15, -0.1) is 0 Å². The van der Waals surface area contributed by atoms with Gasteiger partial charge in [0.2, 0.25) is 5.95 Å². The summed E-state index contributed by atoms with van der Waals surface area (Å²) < 4.78 is 0. The highest BCUT2D eigenvalue weighted by molar-refractivity contribution is 5.86. The number of nitrogens with zero attached hydrogens (tertiary/aromatic N) is 3. The lowest BCUT2D eigenvalue weighted by Crippen LogP contribution is -2.06. The molecule has 2 rings (SSSR count). The number of nitrogens with one attached hydrogen (secondary N) is 3. The molecule has 2 heterocycles. The molecular weight excluding hydrogens is 252 g/mol. The Balaban J connectivity index is 1.84. The lowest BCUT2D eigenvalue weighted by atomic mass is 10.1. The molecule has 0 aliphatic rings. The molecule has 0 atom stereocenters. The van der Waals surface area contributed by atoms with Crippen molar-refractivity contribution >= 4 is 22.8 Å². The molecule has 0 aliphatic heterocycles. The third-order valence-corrected chi connectivity index (χ3v) is 3.36. The maximum atomic E-state index is 4.45. The summed E-state index contributed by atoms with van der Waals surface area (Å²) >= 11 is 0. The van der Waals surface area contributed by atoms with Crippen LogP contribution < -0.4 is 10.6 Å². The van der Waals surface area contributed by atoms with Gasteiger partial charge in [0.15, 0.2) is 5.65 Å². The molecule has 2 aromatic rings. The van der Waals surface area contributed by atoms with Crippen molar-refractivity contribution in [2.45, 2.75) is 45.4 Å². The summed E-state index contributed by atoms with van der Waals surface area (Å²) in [7, 11) is 1.81. The topological polar surface area (TPSA) is 78.5 Å². The van der Waals surface area contributed by atoms with Gasteiger partial charge >= 0.3 is 0 Å². The Morgan fingerprint density at radius 1 is 1.10 bits per heavy atom. The van der Waals surface area contributed by atoms with Gasteiger partial charge in [0.05, 0.1) is 11.6 Å². The number of H-pyrrole nitrogens is 1. The van der Waals surface area contributed by atoms with Crippen LogP contribution in [-0.2, 0) is 0 Å². The zero-order chi connectivity index (χ0) is 14.2. The average Bonchev–Trinajstić information content (AvgIpc) is 2.94. The van der Waals surface area contributed by atoms with Crippen molar-refractivity contribution in [3.63, 3.8) is 0 Å². The van der Waals surface area contributed by atoms with Crippen molar-refractivity contribution in [1.82, 2.24) is 20.2 Å². The number of unbranched alkanes of at least 4 members (excludes halogenated alkanes) is 5. The minimum atomic E-state index is 0.604. The molecule has 6 nitrogen and oxygen atoms in total. The Kier molecular flexibility index (Phi) is 5.58. The first-order valence-corrected chi connectivity index (χ1v) is 7.48. The van der Waals surface area contributed by atoms with E-state index in [2.05, 4.69) is 37.7 Å². The van der Waals surface area contributed by atoms with E-state index in [1.807, 2.05) is 7.05 Å². The Morgan fingerprint density at radius 2 is 1.90 bits per heavy atom. The van der Waals surface area contributed by atoms with Crippen LogP contribution in [0.25, 0.3) is 11.0 Å². The fourth-order valence-electron chi connectivity index (χ4n) is 2.19. The molecule has 0 saturated carbocycles. The average molecular weight is 276 g/mol. The number of hydrogen-bond donors (Lipinski definition) is 3. The van der Waals surface area contributed by atoms with E-state index in [4.69, 9.17) is 0 Å². The summed E-state index contributed by atoms with van der Waals surface area (Å²) in [5.74, 6) is 1.45. The van der Waals surface area contributed by atoms with Gasteiger partial charge in [0.1, 0.15) is 5.82 Å². The van der Waals surface area contributed by atoms with Gasteiger partial charge in [0, 0.05) is 13.6 Å². The minimum Gasteiger partial charge on any atom is -0.369 e. The Bertz CT molecular complexity index is 521. The van der Waals surface area contributed by atoms with Crippen LogP contribution in [0.1, 0.15) is 45.4 Å². The van der Waals surface area contributed by atoms with Crippen LogP contribution in [0.15, 0.2) is 6.20 Å². The zero-order valence-electron chi connectivity index (χ0n) is 12.4. The highest BCUT2D eigenvalue weighted by atomic mass is 15.2. The number of hydrogen-bond acceptors (Lipinski definition) is 5. The smallest absolute Gasteiger partial charge is 0.226 e. The van der Waals surface area contributed by atoms with E-state index in [1.165, 1.54) is 38.5 Å². The second-order valence-electron chi connectivity index (χ2n) is 4.97. The molecule has 6 heteroatoms. The summed E-state index contributed by atoms with van der Waals surface area (Å²) in [4.78, 5) is 8.76. The Morgan fingerprint density at radius 3 is 2.70 bits per heavy atom. The van der Waals surface area contributed by atoms with E-state index in [9.17, 15) is 0 Å². The van der Waals surface area contributed by atoms with Gasteiger partial charge in [-0.1, -0.05) is 39.0 Å². The van der Waals surface area contributed by atoms with Crippen LogP contribution in [0.5, 0.6) is 0 Å². The molecule has 3 N–H and O–H groups in total. The molecule has 2 aromatic heterocycles. The lowest BCUT2D eigenvalue weighted by Gasteiger charge is -2.08. The van der Waals surface area contributed by atoms with Crippen molar-refractivity contribution in [3.05, 3.63) is 6.20 Å². The second-order valence-corrected chi connectivity index (χ2v) is 4.97. The quantitative estimate of drug-likeness (QED) is 0.613. The largest absolute Gasteiger partial charge is 0.369 e. The van der Waals surface area contributed by atoms with E-state index in [-0.39, 0.29) is 0 Å². The van der Waals surface area contributed by atoms with Crippen LogP contribution in [0.3, 0.4) is 0 Å². The van der Waals surface area contributed by atoms with Crippen molar-refractivity contribution in [2.24, 2.45) is 0 Å². The maximum absolute atomic E-state index is 4.45. The molecule has 0 saturated heterocycles. The minimum absolute atomic E-state index is 0.604. The van der Waals surface area contributed by atoms with Crippen LogP contribution in [-0.4, -0.2) is 33.8 Å².